The SMILES string of the molecule is Cc1ccsc1CNC(=O)N1CCN(c2ncccn2)CC1. The van der Waals surface area contributed by atoms with Gasteiger partial charge >= 0.3 is 6.03 Å². The van der Waals surface area contributed by atoms with Crippen molar-refractivity contribution in [2.75, 3.05) is 31.1 Å². The van der Waals surface area contributed by atoms with Crippen LogP contribution in [0.1, 0.15) is 10.4 Å². The van der Waals surface area contributed by atoms with Gasteiger partial charge in [0.15, 0.2) is 0 Å². The molecule has 0 bridgehead atoms. The lowest BCUT2D eigenvalue weighted by molar-refractivity contribution is 0.193. The number of amides is 2. The standard InChI is InChI=1S/C15H19N5OS/c1-12-3-10-22-13(12)11-18-15(21)20-8-6-19(7-9-20)14-16-4-2-5-17-14/h2-5,10H,6-9,11H2,1H3,(H,18,21). The zero-order valence-corrected chi connectivity index (χ0v) is 13.3. The predicted octanol–water partition coefficient (Wildman–Crippen LogP) is 1.88. The summed E-state index contributed by atoms with van der Waals surface area (Å²) in [5, 5.41) is 5.05. The zero-order valence-electron chi connectivity index (χ0n) is 12.5. The Labute approximate surface area is 133 Å². The molecule has 22 heavy (non-hydrogen) atoms. The van der Waals surface area contributed by atoms with E-state index in [4.69, 9.17) is 0 Å². The minimum Gasteiger partial charge on any atom is -0.337 e. The van der Waals surface area contributed by atoms with Gasteiger partial charge in [-0.3, -0.25) is 0 Å². The first kappa shape index (κ1) is 14.8. The van der Waals surface area contributed by atoms with Gasteiger partial charge in [0.2, 0.25) is 5.95 Å². The lowest BCUT2D eigenvalue weighted by Gasteiger charge is -2.34. The van der Waals surface area contributed by atoms with Crippen molar-refractivity contribution in [3.63, 3.8) is 0 Å². The normalized spacial score (nSPS) is 15.0. The van der Waals surface area contributed by atoms with Crippen molar-refractivity contribution >= 4 is 23.3 Å². The topological polar surface area (TPSA) is 61.4 Å². The van der Waals surface area contributed by atoms with Crippen LogP contribution in [0.25, 0.3) is 0 Å². The molecule has 6 nitrogen and oxygen atoms in total. The van der Waals surface area contributed by atoms with Crippen molar-refractivity contribution in [1.82, 2.24) is 20.2 Å². The molecule has 1 fully saturated rings. The van der Waals surface area contributed by atoms with Gasteiger partial charge in [0, 0.05) is 43.4 Å². The first-order chi connectivity index (χ1) is 10.7. The number of thiophene rings is 1. The number of rotatable bonds is 3. The maximum absolute atomic E-state index is 12.2. The Morgan fingerprint density at radius 3 is 2.64 bits per heavy atom. The third-order valence-electron chi connectivity index (χ3n) is 3.77. The fourth-order valence-electron chi connectivity index (χ4n) is 2.42. The van der Waals surface area contributed by atoms with Gasteiger partial charge in [0.25, 0.3) is 0 Å². The van der Waals surface area contributed by atoms with Crippen molar-refractivity contribution in [3.8, 4) is 0 Å². The van der Waals surface area contributed by atoms with Crippen molar-refractivity contribution in [2.45, 2.75) is 13.5 Å². The van der Waals surface area contributed by atoms with Crippen molar-refractivity contribution in [3.05, 3.63) is 40.3 Å². The number of nitrogens with zero attached hydrogens (tertiary/aromatic N) is 4. The third kappa shape index (κ3) is 3.36. The van der Waals surface area contributed by atoms with Gasteiger partial charge in [-0.25, -0.2) is 14.8 Å². The van der Waals surface area contributed by atoms with E-state index in [0.29, 0.717) is 19.6 Å². The van der Waals surface area contributed by atoms with E-state index in [-0.39, 0.29) is 6.03 Å². The maximum Gasteiger partial charge on any atom is 0.317 e. The number of aryl methyl sites for hydroxylation is 1. The average Bonchev–Trinajstić information content (AvgIpc) is 2.99. The molecule has 0 radical (unpaired) electrons. The molecule has 2 aromatic heterocycles. The molecule has 0 atom stereocenters. The molecule has 3 rings (SSSR count). The van der Waals surface area contributed by atoms with Gasteiger partial charge in [-0.05, 0) is 30.0 Å². The Bertz CT molecular complexity index is 622. The Balaban J connectivity index is 1.49. The van der Waals surface area contributed by atoms with E-state index >= 15 is 0 Å². The molecular formula is C15H19N5OS. The Morgan fingerprint density at radius 2 is 2.00 bits per heavy atom. The molecule has 116 valence electrons. The van der Waals surface area contributed by atoms with Gasteiger partial charge in [0.05, 0.1) is 6.54 Å². The highest BCUT2D eigenvalue weighted by Crippen LogP contribution is 2.15. The second kappa shape index (κ2) is 6.74. The summed E-state index contributed by atoms with van der Waals surface area (Å²) in [7, 11) is 0. The van der Waals surface area contributed by atoms with Crippen LogP contribution in [0, 0.1) is 6.92 Å². The average molecular weight is 317 g/mol. The summed E-state index contributed by atoms with van der Waals surface area (Å²) >= 11 is 1.68. The van der Waals surface area contributed by atoms with E-state index in [0.717, 1.165) is 19.0 Å². The molecule has 1 N–H and O–H groups in total. The Morgan fingerprint density at radius 1 is 1.27 bits per heavy atom. The van der Waals surface area contributed by atoms with Gasteiger partial charge in [0.1, 0.15) is 0 Å². The molecule has 3 heterocycles. The summed E-state index contributed by atoms with van der Waals surface area (Å²) in [6, 6.07) is 3.88. The molecule has 1 aliphatic heterocycles. The molecule has 1 aliphatic rings. The van der Waals surface area contributed by atoms with Crippen LogP contribution in [0.4, 0.5) is 10.7 Å². The van der Waals surface area contributed by atoms with Crippen LogP contribution in [0.2, 0.25) is 0 Å². The second-order valence-electron chi connectivity index (χ2n) is 5.21. The third-order valence-corrected chi connectivity index (χ3v) is 4.79. The number of carbonyl (C=O) groups excluding carboxylic acids is 1. The van der Waals surface area contributed by atoms with Crippen LogP contribution in [0.5, 0.6) is 0 Å². The predicted molar refractivity (Wildman–Crippen MR) is 87.1 cm³/mol. The molecule has 0 spiro atoms. The largest absolute Gasteiger partial charge is 0.337 e. The number of nitrogens with one attached hydrogen (secondary N) is 1. The molecule has 7 heteroatoms. The van der Waals surface area contributed by atoms with Crippen molar-refractivity contribution < 1.29 is 4.79 Å². The van der Waals surface area contributed by atoms with E-state index in [9.17, 15) is 4.79 Å². The number of aromatic nitrogens is 2. The number of hydrogen-bond donors (Lipinski definition) is 1. The monoisotopic (exact) mass is 317 g/mol. The summed E-state index contributed by atoms with van der Waals surface area (Å²) in [6.07, 6.45) is 3.48. The Hall–Kier alpha value is -2.15. The molecular weight excluding hydrogens is 298 g/mol. The lowest BCUT2D eigenvalue weighted by atomic mass is 10.3. The minimum absolute atomic E-state index is 0.00132. The van der Waals surface area contributed by atoms with Crippen molar-refractivity contribution in [1.29, 1.82) is 0 Å². The van der Waals surface area contributed by atoms with Crippen LogP contribution in [-0.2, 0) is 6.54 Å². The van der Waals surface area contributed by atoms with E-state index in [1.54, 1.807) is 29.8 Å². The summed E-state index contributed by atoms with van der Waals surface area (Å²) in [5.41, 5.74) is 1.23. The molecule has 0 aliphatic carbocycles. The summed E-state index contributed by atoms with van der Waals surface area (Å²) in [5.74, 6) is 0.733. The summed E-state index contributed by atoms with van der Waals surface area (Å²) in [4.78, 5) is 25.9. The number of hydrogen-bond acceptors (Lipinski definition) is 5. The van der Waals surface area contributed by atoms with Crippen molar-refractivity contribution in [2.24, 2.45) is 0 Å². The zero-order chi connectivity index (χ0) is 15.4. The number of carbonyl (C=O) groups is 1. The van der Waals surface area contributed by atoms with Gasteiger partial charge < -0.3 is 15.1 Å². The quantitative estimate of drug-likeness (QED) is 0.939. The molecule has 0 saturated carbocycles. The first-order valence-electron chi connectivity index (χ1n) is 7.32. The molecule has 2 aromatic rings. The minimum atomic E-state index is 0.00132. The van der Waals surface area contributed by atoms with Crippen LogP contribution in [0.15, 0.2) is 29.9 Å². The van der Waals surface area contributed by atoms with Gasteiger partial charge in [-0.15, -0.1) is 11.3 Å². The number of urea groups is 1. The van der Waals surface area contributed by atoms with Crippen LogP contribution < -0.4 is 10.2 Å². The Kier molecular flexibility index (Phi) is 4.53. The molecule has 0 aromatic carbocycles. The van der Waals surface area contributed by atoms with Crippen LogP contribution in [-0.4, -0.2) is 47.1 Å². The number of piperazine rings is 1. The van der Waals surface area contributed by atoms with E-state index in [1.165, 1.54) is 10.4 Å². The smallest absolute Gasteiger partial charge is 0.317 e. The lowest BCUT2D eigenvalue weighted by Crippen LogP contribution is -2.52. The van der Waals surface area contributed by atoms with E-state index < -0.39 is 0 Å². The highest BCUT2D eigenvalue weighted by atomic mass is 32.1. The highest BCUT2D eigenvalue weighted by Gasteiger charge is 2.22. The van der Waals surface area contributed by atoms with Gasteiger partial charge in [-0.1, -0.05) is 0 Å². The first-order valence-corrected chi connectivity index (χ1v) is 8.20. The van der Waals surface area contributed by atoms with Crippen LogP contribution >= 0.6 is 11.3 Å². The van der Waals surface area contributed by atoms with Crippen LogP contribution in [0.3, 0.4) is 0 Å². The van der Waals surface area contributed by atoms with E-state index in [1.807, 2.05) is 4.90 Å². The highest BCUT2D eigenvalue weighted by molar-refractivity contribution is 7.10. The second-order valence-corrected chi connectivity index (χ2v) is 6.21. The summed E-state index contributed by atoms with van der Waals surface area (Å²) in [6.45, 7) is 5.56. The molecule has 0 unspecified atom stereocenters. The fraction of sp³-hybridized carbons (Fsp3) is 0.400. The fourth-order valence-corrected chi connectivity index (χ4v) is 3.26. The van der Waals surface area contributed by atoms with Gasteiger partial charge in [-0.2, -0.15) is 0 Å². The summed E-state index contributed by atoms with van der Waals surface area (Å²) < 4.78 is 0. The van der Waals surface area contributed by atoms with E-state index in [2.05, 4.69) is 38.6 Å². The maximum atomic E-state index is 12.2. The molecule has 2 amide bonds. The molecule has 1 saturated heterocycles. The number of anilines is 1.